The smallest absolute Gasteiger partial charge is 0.305 e. The van der Waals surface area contributed by atoms with E-state index in [4.69, 9.17) is 47.6 Å². The summed E-state index contributed by atoms with van der Waals surface area (Å²) in [5, 5.41) is 26.0. The Balaban J connectivity index is 0.982. The molecule has 0 amide bonds. The number of benzene rings is 4. The van der Waals surface area contributed by atoms with Gasteiger partial charge in [0, 0.05) is 32.1 Å². The van der Waals surface area contributed by atoms with E-state index >= 15 is 0 Å². The van der Waals surface area contributed by atoms with Gasteiger partial charge in [0.25, 0.3) is 11.9 Å². The lowest BCUT2D eigenvalue weighted by Gasteiger charge is -2.09. The van der Waals surface area contributed by atoms with Crippen LogP contribution in [-0.2, 0) is 34.4 Å². The first-order valence-corrected chi connectivity index (χ1v) is 18.0. The van der Waals surface area contributed by atoms with Gasteiger partial charge in [-0.1, -0.05) is 75.9 Å². The molecular weight excluding hydrogens is 757 g/mol. The van der Waals surface area contributed by atoms with Crippen LogP contribution in [0.5, 0.6) is 12.0 Å². The molecule has 0 fully saturated rings. The van der Waals surface area contributed by atoms with E-state index in [1.807, 2.05) is 90.5 Å². The Morgan fingerprint density at radius 1 is 0.607 bits per heavy atom. The third kappa shape index (κ3) is 5.46. The largest absolute Gasteiger partial charge is 0.458 e. The number of para-hydroxylation sites is 2. The van der Waals surface area contributed by atoms with Gasteiger partial charge in [-0.05, 0) is 68.9 Å². The molecule has 0 aliphatic carbocycles. The first kappa shape index (κ1) is 33.6. The zero-order valence-electron chi connectivity index (χ0n) is 29.8. The van der Waals surface area contributed by atoms with Crippen LogP contribution in [0.4, 0.5) is 0 Å². The van der Waals surface area contributed by atoms with Crippen LogP contribution < -0.4 is 9.47 Å². The molecule has 19 heteroatoms. The summed E-state index contributed by atoms with van der Waals surface area (Å²) < 4.78 is 21.1. The monoisotopic (exact) mass is 783 g/mol. The number of aromatic nitrogens is 15. The molecule has 10 aromatic rings. The van der Waals surface area contributed by atoms with Crippen molar-refractivity contribution in [2.45, 2.75) is 13.2 Å². The van der Waals surface area contributed by atoms with Crippen LogP contribution in [0.15, 0.2) is 84.9 Å². The van der Waals surface area contributed by atoms with E-state index in [0.29, 0.717) is 49.8 Å². The summed E-state index contributed by atoms with van der Waals surface area (Å²) >= 11 is 13.7. The molecule has 0 N–H and O–H groups in total. The summed E-state index contributed by atoms with van der Waals surface area (Å²) in [7, 11) is 5.41. The van der Waals surface area contributed by atoms with Gasteiger partial charge in [0.2, 0.25) is 0 Å². The summed E-state index contributed by atoms with van der Waals surface area (Å²) in [6.07, 6.45) is 0. The number of fused-ring (bicyclic) bond motifs is 4. The van der Waals surface area contributed by atoms with Crippen molar-refractivity contribution >= 4 is 67.2 Å². The maximum atomic E-state index is 7.19. The fraction of sp³-hybridized carbons (Fsp3) is 0.135. The highest BCUT2D eigenvalue weighted by Crippen LogP contribution is 2.38. The zero-order chi connectivity index (χ0) is 38.1. The molecule has 0 atom stereocenters. The van der Waals surface area contributed by atoms with E-state index in [1.165, 1.54) is 4.68 Å². The summed E-state index contributed by atoms with van der Waals surface area (Å²) in [5.74, 6) is 1.50. The van der Waals surface area contributed by atoms with Gasteiger partial charge in [-0.3, -0.25) is 0 Å². The second kappa shape index (κ2) is 13.1. The van der Waals surface area contributed by atoms with Crippen LogP contribution in [0.25, 0.3) is 67.0 Å². The van der Waals surface area contributed by atoms with E-state index in [9.17, 15) is 0 Å². The van der Waals surface area contributed by atoms with E-state index in [1.54, 1.807) is 34.0 Å². The van der Waals surface area contributed by atoms with Gasteiger partial charge in [0.05, 0.1) is 43.3 Å². The molecule has 0 spiro atoms. The minimum atomic E-state index is 0.102. The van der Waals surface area contributed by atoms with Crippen molar-refractivity contribution in [1.82, 2.24) is 74.1 Å². The lowest BCUT2D eigenvalue weighted by Crippen LogP contribution is -2.10. The predicted octanol–water partition coefficient (Wildman–Crippen LogP) is 5.98. The first-order chi connectivity index (χ1) is 27.3. The topological polar surface area (TPSA) is 172 Å². The molecule has 6 aromatic heterocycles. The fourth-order valence-corrected chi connectivity index (χ4v) is 7.28. The van der Waals surface area contributed by atoms with Crippen LogP contribution in [0.1, 0.15) is 11.5 Å². The van der Waals surface area contributed by atoms with Crippen LogP contribution in [0.2, 0.25) is 10.0 Å². The molecule has 0 aliphatic rings. The Morgan fingerprint density at radius 3 is 2.07 bits per heavy atom. The SMILES string of the molecule is Cn1nnnc1-n1c(OCc2nc3ccc(-c4ccc5c(nc(OCc6ccc7ccccc7n6)n5-c5nnnn5C)c4Cl)cc3n2C)nc2c(Cl)cccc21. The maximum Gasteiger partial charge on any atom is 0.305 e. The predicted molar refractivity (Wildman–Crippen MR) is 207 cm³/mol. The Bertz CT molecular complexity index is 3140. The number of tetrazole rings is 2. The van der Waals surface area contributed by atoms with E-state index in [-0.39, 0.29) is 25.2 Å². The highest BCUT2D eigenvalue weighted by atomic mass is 35.5. The van der Waals surface area contributed by atoms with Crippen molar-refractivity contribution in [2.75, 3.05) is 0 Å². The summed E-state index contributed by atoms with van der Waals surface area (Å²) in [6, 6.07) is 27.7. The van der Waals surface area contributed by atoms with Gasteiger partial charge in [-0.2, -0.15) is 9.97 Å². The molecule has 0 radical (unpaired) electrons. The Kier molecular flexibility index (Phi) is 7.86. The maximum absolute atomic E-state index is 7.19. The first-order valence-electron chi connectivity index (χ1n) is 17.2. The number of ether oxygens (including phenoxy) is 2. The lowest BCUT2D eigenvalue weighted by atomic mass is 10.0. The van der Waals surface area contributed by atoms with E-state index in [2.05, 4.69) is 36.0 Å². The molecule has 0 aliphatic heterocycles. The van der Waals surface area contributed by atoms with E-state index in [0.717, 1.165) is 38.8 Å². The van der Waals surface area contributed by atoms with Gasteiger partial charge in [-0.15, -0.1) is 0 Å². The second-order valence-electron chi connectivity index (χ2n) is 12.9. The zero-order valence-corrected chi connectivity index (χ0v) is 31.3. The van der Waals surface area contributed by atoms with Crippen LogP contribution in [-0.4, -0.2) is 74.1 Å². The number of rotatable bonds is 9. The van der Waals surface area contributed by atoms with Gasteiger partial charge >= 0.3 is 12.0 Å². The van der Waals surface area contributed by atoms with Gasteiger partial charge in [0.1, 0.15) is 30.1 Å². The number of hydrogen-bond donors (Lipinski definition) is 0. The molecule has 17 nitrogen and oxygen atoms in total. The molecule has 6 heterocycles. The Morgan fingerprint density at radius 2 is 1.32 bits per heavy atom. The fourth-order valence-electron chi connectivity index (χ4n) is 6.76. The Hall–Kier alpha value is -6.98. The average Bonchev–Trinajstić information content (AvgIpc) is 4.04. The standard InChI is InChI=1S/C37H27Cl2N15O2/c1-50-29-17-21(12-15-26(29)41-30(50)19-56-36-42-32-24(38)8-6-10-27(32)53(36)34-44-46-48-51(34)2)23-14-16-28-33(31(23)39)43-37(54(28)35-45-47-49-52(35)3)55-18-22-13-11-20-7-4-5-9-25(20)40-22/h4-17H,18-19H2,1-3H3. The number of halogens is 2. The van der Waals surface area contributed by atoms with Gasteiger partial charge < -0.3 is 14.0 Å². The quantitative estimate of drug-likeness (QED) is 0.168. The summed E-state index contributed by atoms with van der Waals surface area (Å²) in [4.78, 5) is 19.2. The second-order valence-corrected chi connectivity index (χ2v) is 13.7. The van der Waals surface area contributed by atoms with Gasteiger partial charge in [-0.25, -0.2) is 28.5 Å². The number of nitrogens with zero attached hydrogens (tertiary/aromatic N) is 15. The minimum absolute atomic E-state index is 0.102. The molecule has 4 aromatic carbocycles. The molecule has 0 saturated carbocycles. The van der Waals surface area contributed by atoms with Crippen molar-refractivity contribution in [1.29, 1.82) is 0 Å². The molecule has 0 unspecified atom stereocenters. The normalized spacial score (nSPS) is 11.8. The van der Waals surface area contributed by atoms with Gasteiger partial charge in [0.15, 0.2) is 0 Å². The van der Waals surface area contributed by atoms with Crippen molar-refractivity contribution in [3.05, 3.63) is 106 Å². The highest BCUT2D eigenvalue weighted by Gasteiger charge is 2.24. The van der Waals surface area contributed by atoms with Crippen molar-refractivity contribution in [3.63, 3.8) is 0 Å². The van der Waals surface area contributed by atoms with Crippen LogP contribution in [0.3, 0.4) is 0 Å². The molecular formula is C37H27Cl2N15O2. The average molecular weight is 785 g/mol. The number of pyridine rings is 1. The third-order valence-corrected chi connectivity index (χ3v) is 10.2. The lowest BCUT2D eigenvalue weighted by molar-refractivity contribution is 0.264. The Labute approximate surface area is 325 Å². The number of hydrogen-bond acceptors (Lipinski definition) is 12. The molecule has 0 bridgehead atoms. The van der Waals surface area contributed by atoms with Crippen LogP contribution in [0, 0.1) is 0 Å². The molecule has 0 saturated heterocycles. The molecule has 276 valence electrons. The highest BCUT2D eigenvalue weighted by molar-refractivity contribution is 6.38. The molecule has 56 heavy (non-hydrogen) atoms. The van der Waals surface area contributed by atoms with Crippen molar-refractivity contribution in [2.24, 2.45) is 21.1 Å². The number of imidazole rings is 3. The molecule has 10 rings (SSSR count). The summed E-state index contributed by atoms with van der Waals surface area (Å²) in [6.45, 7) is 0.266. The number of aryl methyl sites for hydroxylation is 3. The van der Waals surface area contributed by atoms with E-state index < -0.39 is 0 Å². The minimum Gasteiger partial charge on any atom is -0.458 e. The van der Waals surface area contributed by atoms with Crippen LogP contribution >= 0.6 is 23.2 Å². The van der Waals surface area contributed by atoms with Crippen molar-refractivity contribution in [3.8, 4) is 35.0 Å². The third-order valence-electron chi connectivity index (χ3n) is 9.56. The van der Waals surface area contributed by atoms with Crippen molar-refractivity contribution < 1.29 is 9.47 Å². The summed E-state index contributed by atoms with van der Waals surface area (Å²) in [5.41, 5.74) is 7.35.